The second kappa shape index (κ2) is 13.4. The summed E-state index contributed by atoms with van der Waals surface area (Å²) in [5.41, 5.74) is -0.259. The number of alkyl carbamates (subject to hydrolysis) is 1. The molecule has 184 valence electrons. The van der Waals surface area contributed by atoms with E-state index in [1.165, 1.54) is 0 Å². The molecule has 0 aliphatic rings. The van der Waals surface area contributed by atoms with E-state index in [1.54, 1.807) is 21.3 Å². The van der Waals surface area contributed by atoms with Gasteiger partial charge < -0.3 is 34.9 Å². The van der Waals surface area contributed by atoms with E-state index in [-0.39, 0.29) is 24.0 Å². The number of carbonyl (C=O) groups excluding carboxylic acids is 1. The van der Waals surface area contributed by atoms with Crippen LogP contribution in [0.1, 0.15) is 47.1 Å². The van der Waals surface area contributed by atoms with Crippen molar-refractivity contribution < 1.29 is 23.7 Å². The van der Waals surface area contributed by atoms with Crippen LogP contribution in [-0.4, -0.2) is 57.6 Å². The van der Waals surface area contributed by atoms with Crippen molar-refractivity contribution in [3.05, 3.63) is 17.7 Å². The SMILES string of the molecule is CCNC(=NCc1ccc(OC)c(OC)c1OC)NCC(C)(C)NC(=O)OC(C)(C)C.I. The van der Waals surface area contributed by atoms with Gasteiger partial charge in [0.1, 0.15) is 5.60 Å². The van der Waals surface area contributed by atoms with E-state index in [0.717, 1.165) is 5.56 Å². The molecule has 0 spiro atoms. The summed E-state index contributed by atoms with van der Waals surface area (Å²) in [6.07, 6.45) is -0.462. The van der Waals surface area contributed by atoms with Gasteiger partial charge in [-0.2, -0.15) is 0 Å². The molecule has 1 aromatic carbocycles. The third kappa shape index (κ3) is 10.0. The van der Waals surface area contributed by atoms with Gasteiger partial charge in [0.25, 0.3) is 0 Å². The van der Waals surface area contributed by atoms with Gasteiger partial charge in [-0.05, 0) is 53.7 Å². The van der Waals surface area contributed by atoms with Gasteiger partial charge in [-0.1, -0.05) is 0 Å². The molecule has 0 heterocycles. The summed E-state index contributed by atoms with van der Waals surface area (Å²) in [5.74, 6) is 2.30. The van der Waals surface area contributed by atoms with Gasteiger partial charge in [-0.25, -0.2) is 9.79 Å². The minimum atomic E-state index is -0.556. The summed E-state index contributed by atoms with van der Waals surface area (Å²) in [7, 11) is 4.73. The van der Waals surface area contributed by atoms with E-state index in [0.29, 0.717) is 42.8 Å². The van der Waals surface area contributed by atoms with Crippen LogP contribution in [0.15, 0.2) is 17.1 Å². The summed E-state index contributed by atoms with van der Waals surface area (Å²) in [6.45, 7) is 12.8. The van der Waals surface area contributed by atoms with Crippen LogP contribution >= 0.6 is 24.0 Å². The zero-order valence-corrected chi connectivity index (χ0v) is 23.0. The van der Waals surface area contributed by atoms with Crippen molar-refractivity contribution in [2.24, 2.45) is 4.99 Å². The van der Waals surface area contributed by atoms with Crippen LogP contribution in [0.5, 0.6) is 17.2 Å². The number of guanidine groups is 1. The van der Waals surface area contributed by atoms with Crippen molar-refractivity contribution in [2.75, 3.05) is 34.4 Å². The fourth-order valence-corrected chi connectivity index (χ4v) is 2.72. The number of hydrogen-bond donors (Lipinski definition) is 3. The van der Waals surface area contributed by atoms with Crippen molar-refractivity contribution in [1.29, 1.82) is 0 Å². The Balaban J connectivity index is 0.00000961. The van der Waals surface area contributed by atoms with Crippen molar-refractivity contribution in [3.63, 3.8) is 0 Å². The second-order valence-corrected chi connectivity index (χ2v) is 8.55. The third-order valence-corrected chi connectivity index (χ3v) is 4.07. The van der Waals surface area contributed by atoms with Gasteiger partial charge >= 0.3 is 6.09 Å². The first-order valence-corrected chi connectivity index (χ1v) is 10.3. The standard InChI is InChI=1S/C22H38N4O5.HI/c1-10-23-19(25-14-22(5,6)26-20(27)31-21(2,3)4)24-13-15-11-12-16(28-7)18(30-9)17(15)29-8;/h11-12H,10,13-14H2,1-9H3,(H,26,27)(H2,23,24,25);1H. The Morgan fingerprint density at radius 2 is 1.59 bits per heavy atom. The molecule has 0 aliphatic heterocycles. The monoisotopic (exact) mass is 566 g/mol. The van der Waals surface area contributed by atoms with Gasteiger partial charge in [0.15, 0.2) is 17.5 Å². The number of nitrogens with one attached hydrogen (secondary N) is 3. The van der Waals surface area contributed by atoms with Crippen LogP contribution in [-0.2, 0) is 11.3 Å². The highest BCUT2D eigenvalue weighted by atomic mass is 127. The Bertz CT molecular complexity index is 763. The minimum absolute atomic E-state index is 0. The quantitative estimate of drug-likeness (QED) is 0.238. The molecule has 32 heavy (non-hydrogen) atoms. The number of aliphatic imine (C=N–C) groups is 1. The van der Waals surface area contributed by atoms with E-state index in [4.69, 9.17) is 18.9 Å². The Kier molecular flexibility index (Phi) is 12.6. The summed E-state index contributed by atoms with van der Waals surface area (Å²) in [6, 6.07) is 3.71. The van der Waals surface area contributed by atoms with Crippen molar-refractivity contribution in [3.8, 4) is 17.2 Å². The lowest BCUT2D eigenvalue weighted by Crippen LogP contribution is -2.54. The van der Waals surface area contributed by atoms with Crippen molar-refractivity contribution in [2.45, 2.75) is 59.2 Å². The Labute approximate surface area is 209 Å². The number of rotatable bonds is 9. The third-order valence-electron chi connectivity index (χ3n) is 4.07. The molecule has 0 unspecified atom stereocenters. The van der Waals surface area contributed by atoms with E-state index in [2.05, 4.69) is 20.9 Å². The second-order valence-electron chi connectivity index (χ2n) is 8.55. The first-order chi connectivity index (χ1) is 14.5. The number of amides is 1. The fraction of sp³-hybridized carbons (Fsp3) is 0.636. The first-order valence-electron chi connectivity index (χ1n) is 10.3. The molecule has 9 nitrogen and oxygen atoms in total. The molecule has 0 atom stereocenters. The van der Waals surface area contributed by atoms with Crippen LogP contribution in [0.3, 0.4) is 0 Å². The first kappa shape index (κ1) is 29.9. The van der Waals surface area contributed by atoms with Crippen LogP contribution in [0.4, 0.5) is 4.79 Å². The molecule has 10 heteroatoms. The Morgan fingerprint density at radius 1 is 0.969 bits per heavy atom. The maximum atomic E-state index is 12.1. The maximum Gasteiger partial charge on any atom is 0.408 e. The van der Waals surface area contributed by atoms with E-state index < -0.39 is 17.2 Å². The van der Waals surface area contributed by atoms with Crippen LogP contribution in [0.2, 0.25) is 0 Å². The molecule has 0 fully saturated rings. The summed E-state index contributed by atoms with van der Waals surface area (Å²) in [5, 5.41) is 9.34. The zero-order chi connectivity index (χ0) is 23.7. The predicted octanol–water partition coefficient (Wildman–Crippen LogP) is 3.69. The molecule has 0 aromatic heterocycles. The predicted molar refractivity (Wildman–Crippen MR) is 138 cm³/mol. The number of nitrogens with zero attached hydrogens (tertiary/aromatic N) is 1. The lowest BCUT2D eigenvalue weighted by Gasteiger charge is -2.29. The highest BCUT2D eigenvalue weighted by Crippen LogP contribution is 2.39. The number of carbonyl (C=O) groups is 1. The number of methoxy groups -OCH3 is 3. The molecule has 0 saturated heterocycles. The lowest BCUT2D eigenvalue weighted by atomic mass is 10.1. The van der Waals surface area contributed by atoms with Crippen LogP contribution in [0.25, 0.3) is 0 Å². The lowest BCUT2D eigenvalue weighted by molar-refractivity contribution is 0.0474. The van der Waals surface area contributed by atoms with Crippen LogP contribution < -0.4 is 30.2 Å². The van der Waals surface area contributed by atoms with Crippen LogP contribution in [0, 0.1) is 0 Å². The average Bonchev–Trinajstić information content (AvgIpc) is 2.67. The Hall–Kier alpha value is -2.11. The highest BCUT2D eigenvalue weighted by Gasteiger charge is 2.25. The molecular weight excluding hydrogens is 527 g/mol. The fourth-order valence-electron chi connectivity index (χ4n) is 2.72. The highest BCUT2D eigenvalue weighted by molar-refractivity contribution is 14.0. The summed E-state index contributed by atoms with van der Waals surface area (Å²) < 4.78 is 21.6. The largest absolute Gasteiger partial charge is 0.493 e. The molecule has 1 amide bonds. The topological polar surface area (TPSA) is 102 Å². The molecule has 1 rings (SSSR count). The van der Waals surface area contributed by atoms with Gasteiger partial charge in [0.2, 0.25) is 5.75 Å². The molecule has 1 aromatic rings. The van der Waals surface area contributed by atoms with Gasteiger partial charge in [0, 0.05) is 18.7 Å². The smallest absolute Gasteiger partial charge is 0.408 e. The van der Waals surface area contributed by atoms with Crippen molar-refractivity contribution in [1.82, 2.24) is 16.0 Å². The normalized spacial score (nSPS) is 11.7. The van der Waals surface area contributed by atoms with Gasteiger partial charge in [-0.3, -0.25) is 0 Å². The van der Waals surface area contributed by atoms with E-state index in [1.807, 2.05) is 53.7 Å². The molecule has 3 N–H and O–H groups in total. The maximum absolute atomic E-state index is 12.1. The van der Waals surface area contributed by atoms with Gasteiger partial charge in [0.05, 0.1) is 33.4 Å². The minimum Gasteiger partial charge on any atom is -0.493 e. The van der Waals surface area contributed by atoms with E-state index in [9.17, 15) is 4.79 Å². The number of ether oxygens (including phenoxy) is 4. The molecular formula is C22H39IN4O5. The summed E-state index contributed by atoms with van der Waals surface area (Å²) in [4.78, 5) is 16.7. The number of hydrogen-bond acceptors (Lipinski definition) is 6. The molecule has 0 radical (unpaired) electrons. The molecule has 0 aliphatic carbocycles. The number of halogens is 1. The van der Waals surface area contributed by atoms with Crippen molar-refractivity contribution >= 4 is 36.0 Å². The molecule has 0 bridgehead atoms. The Morgan fingerprint density at radius 3 is 2.09 bits per heavy atom. The average molecular weight is 566 g/mol. The van der Waals surface area contributed by atoms with E-state index >= 15 is 0 Å². The summed E-state index contributed by atoms with van der Waals surface area (Å²) >= 11 is 0. The molecule has 0 saturated carbocycles. The number of benzene rings is 1. The zero-order valence-electron chi connectivity index (χ0n) is 20.7. The van der Waals surface area contributed by atoms with Gasteiger partial charge in [-0.15, -0.1) is 24.0 Å².